The molecule has 0 bridgehead atoms. The summed E-state index contributed by atoms with van der Waals surface area (Å²) in [5, 5.41) is 3.54. The molecule has 1 aromatic rings. The minimum Gasteiger partial charge on any atom is -0.350 e. The maximum absolute atomic E-state index is 12.7. The van der Waals surface area contributed by atoms with Gasteiger partial charge >= 0.3 is 0 Å². The quantitative estimate of drug-likeness (QED) is 0.795. The van der Waals surface area contributed by atoms with Crippen molar-refractivity contribution in [2.45, 2.75) is 58.7 Å². The number of nitrogens with two attached hydrogens (primary N) is 1. The first-order valence-electron chi connectivity index (χ1n) is 8.75. The number of likely N-dealkylation sites (tertiary alicyclic amines) is 1. The fourth-order valence-corrected chi connectivity index (χ4v) is 3.43. The lowest BCUT2D eigenvalue weighted by molar-refractivity contribution is -0.139. The molecule has 2 atom stereocenters. The van der Waals surface area contributed by atoms with E-state index in [0.29, 0.717) is 31.0 Å². The summed E-state index contributed by atoms with van der Waals surface area (Å²) < 4.78 is 0. The molecule has 1 fully saturated rings. The van der Waals surface area contributed by atoms with Crippen molar-refractivity contribution in [3.8, 4) is 0 Å². The number of hydrogen-bond donors (Lipinski definition) is 2. The van der Waals surface area contributed by atoms with Crippen LogP contribution >= 0.6 is 24.0 Å². The van der Waals surface area contributed by atoms with Crippen molar-refractivity contribution in [1.29, 1.82) is 0 Å². The Morgan fingerprint density at radius 2 is 2.08 bits per heavy atom. The Labute approximate surface area is 167 Å². The van der Waals surface area contributed by atoms with Crippen molar-refractivity contribution in [2.24, 2.45) is 11.1 Å². The van der Waals surface area contributed by atoms with Crippen LogP contribution in [0.1, 0.15) is 45.6 Å². The van der Waals surface area contributed by atoms with Gasteiger partial charge in [-0.3, -0.25) is 9.59 Å². The van der Waals surface area contributed by atoms with Gasteiger partial charge in [0.05, 0.1) is 6.04 Å². The van der Waals surface area contributed by atoms with Gasteiger partial charge in [-0.2, -0.15) is 0 Å². The zero-order chi connectivity index (χ0) is 18.6. The van der Waals surface area contributed by atoms with Gasteiger partial charge in [-0.15, -0.1) is 12.4 Å². The second kappa shape index (κ2) is 9.58. The van der Waals surface area contributed by atoms with Gasteiger partial charge in [0, 0.05) is 18.1 Å². The molecule has 1 aromatic carbocycles. The van der Waals surface area contributed by atoms with Crippen LogP contribution in [0.3, 0.4) is 0 Å². The van der Waals surface area contributed by atoms with E-state index in [-0.39, 0.29) is 29.6 Å². The van der Waals surface area contributed by atoms with E-state index in [1.807, 2.05) is 18.2 Å². The van der Waals surface area contributed by atoms with Gasteiger partial charge in [0.1, 0.15) is 6.04 Å². The second-order valence-corrected chi connectivity index (χ2v) is 8.35. The monoisotopic (exact) mass is 401 g/mol. The smallest absolute Gasteiger partial charge is 0.243 e. The highest BCUT2D eigenvalue weighted by Gasteiger charge is 2.36. The summed E-state index contributed by atoms with van der Waals surface area (Å²) in [5.41, 5.74) is 6.99. The molecular weight excluding hydrogens is 373 g/mol. The highest BCUT2D eigenvalue weighted by Crippen LogP contribution is 2.24. The molecule has 1 heterocycles. The van der Waals surface area contributed by atoms with Crippen LogP contribution in [-0.4, -0.2) is 35.3 Å². The first-order valence-corrected chi connectivity index (χ1v) is 9.13. The van der Waals surface area contributed by atoms with Crippen molar-refractivity contribution < 1.29 is 9.59 Å². The zero-order valence-electron chi connectivity index (χ0n) is 15.6. The largest absolute Gasteiger partial charge is 0.350 e. The van der Waals surface area contributed by atoms with Crippen molar-refractivity contribution in [3.05, 3.63) is 34.9 Å². The Kier molecular flexibility index (Phi) is 8.38. The average molecular weight is 402 g/mol. The van der Waals surface area contributed by atoms with E-state index in [9.17, 15) is 9.59 Å². The zero-order valence-corrected chi connectivity index (χ0v) is 17.2. The minimum atomic E-state index is -0.568. The van der Waals surface area contributed by atoms with Gasteiger partial charge in [-0.1, -0.05) is 44.5 Å². The molecule has 146 valence electrons. The second-order valence-electron chi connectivity index (χ2n) is 7.91. The summed E-state index contributed by atoms with van der Waals surface area (Å²) in [5.74, 6) is -0.260. The van der Waals surface area contributed by atoms with E-state index < -0.39 is 12.1 Å². The third-order valence-corrected chi connectivity index (χ3v) is 4.58. The van der Waals surface area contributed by atoms with Gasteiger partial charge in [0.25, 0.3) is 0 Å². The van der Waals surface area contributed by atoms with Gasteiger partial charge < -0.3 is 16.0 Å². The number of rotatable bonds is 5. The first-order chi connectivity index (χ1) is 11.7. The van der Waals surface area contributed by atoms with E-state index >= 15 is 0 Å². The van der Waals surface area contributed by atoms with Crippen LogP contribution < -0.4 is 11.1 Å². The number of nitrogens with zero attached hydrogens (tertiary/aromatic N) is 1. The van der Waals surface area contributed by atoms with Crippen molar-refractivity contribution in [1.82, 2.24) is 10.2 Å². The maximum atomic E-state index is 12.7. The lowest BCUT2D eigenvalue weighted by Crippen LogP contribution is -2.51. The molecule has 2 amide bonds. The molecule has 0 aromatic heterocycles. The molecule has 1 aliphatic rings. The van der Waals surface area contributed by atoms with Crippen LogP contribution in [0.15, 0.2) is 24.3 Å². The predicted molar refractivity (Wildman–Crippen MR) is 107 cm³/mol. The summed E-state index contributed by atoms with van der Waals surface area (Å²) in [6.45, 7) is 7.15. The standard InChI is InChI=1S/C19H28ClN3O2.ClH/c1-19(2,3)11-15(21)18(25)23-9-5-8-16(23)17(24)22-12-13-6-4-7-14(20)10-13;/h4,6-7,10,15-16H,5,8-9,11-12,21H2,1-3H3,(H,22,24);1H/t15-,16+;/m1./s1. The molecule has 0 saturated carbocycles. The Hall–Kier alpha value is -1.30. The lowest BCUT2D eigenvalue weighted by atomic mass is 9.88. The highest BCUT2D eigenvalue weighted by molar-refractivity contribution is 6.30. The molecule has 2 rings (SSSR count). The number of nitrogens with one attached hydrogen (secondary N) is 1. The number of halogens is 2. The Bertz CT molecular complexity index is 631. The van der Waals surface area contributed by atoms with Crippen LogP contribution in [0.5, 0.6) is 0 Å². The average Bonchev–Trinajstić information content (AvgIpc) is 2.99. The van der Waals surface area contributed by atoms with E-state index in [4.69, 9.17) is 17.3 Å². The van der Waals surface area contributed by atoms with Gasteiger partial charge in [0.15, 0.2) is 0 Å². The topological polar surface area (TPSA) is 75.4 Å². The van der Waals surface area contributed by atoms with Gasteiger partial charge in [-0.25, -0.2) is 0 Å². The maximum Gasteiger partial charge on any atom is 0.243 e. The normalized spacial score (nSPS) is 18.2. The summed E-state index contributed by atoms with van der Waals surface area (Å²) in [6, 6.07) is 6.36. The summed E-state index contributed by atoms with van der Waals surface area (Å²) >= 11 is 5.96. The number of benzene rings is 1. The molecule has 1 aliphatic heterocycles. The Morgan fingerprint density at radius 1 is 1.38 bits per heavy atom. The van der Waals surface area contributed by atoms with Crippen molar-refractivity contribution >= 4 is 35.8 Å². The van der Waals surface area contributed by atoms with Crippen LogP contribution in [0.25, 0.3) is 0 Å². The highest BCUT2D eigenvalue weighted by atomic mass is 35.5. The van der Waals surface area contributed by atoms with E-state index in [1.165, 1.54) is 0 Å². The number of hydrogen-bond acceptors (Lipinski definition) is 3. The number of carbonyl (C=O) groups is 2. The fraction of sp³-hybridized carbons (Fsp3) is 0.579. The summed E-state index contributed by atoms with van der Waals surface area (Å²) in [7, 11) is 0. The molecule has 3 N–H and O–H groups in total. The van der Waals surface area contributed by atoms with E-state index in [0.717, 1.165) is 12.0 Å². The Balaban J connectivity index is 0.00000338. The SMILES string of the molecule is CC(C)(C)C[C@@H](N)C(=O)N1CCC[C@H]1C(=O)NCc1cccc(Cl)c1.Cl. The molecule has 7 heteroatoms. The number of amides is 2. The molecule has 0 radical (unpaired) electrons. The molecule has 0 unspecified atom stereocenters. The van der Waals surface area contributed by atoms with Crippen LogP contribution in [0.4, 0.5) is 0 Å². The first kappa shape index (κ1) is 22.7. The van der Waals surface area contributed by atoms with Gasteiger partial charge in [0.2, 0.25) is 11.8 Å². The third kappa shape index (κ3) is 6.45. The van der Waals surface area contributed by atoms with Gasteiger partial charge in [-0.05, 0) is 42.4 Å². The van der Waals surface area contributed by atoms with Crippen molar-refractivity contribution in [3.63, 3.8) is 0 Å². The number of carbonyl (C=O) groups excluding carboxylic acids is 2. The van der Waals surface area contributed by atoms with E-state index in [1.54, 1.807) is 11.0 Å². The van der Waals surface area contributed by atoms with E-state index in [2.05, 4.69) is 26.1 Å². The molecular formula is C19H29Cl2N3O2. The summed E-state index contributed by atoms with van der Waals surface area (Å²) in [6.07, 6.45) is 2.10. The third-order valence-electron chi connectivity index (χ3n) is 4.34. The van der Waals surface area contributed by atoms with Crippen molar-refractivity contribution in [2.75, 3.05) is 6.54 Å². The van der Waals surface area contributed by atoms with Crippen LogP contribution in [0, 0.1) is 5.41 Å². The molecule has 26 heavy (non-hydrogen) atoms. The lowest BCUT2D eigenvalue weighted by Gasteiger charge is -2.29. The summed E-state index contributed by atoms with van der Waals surface area (Å²) in [4.78, 5) is 26.9. The molecule has 1 saturated heterocycles. The fourth-order valence-electron chi connectivity index (χ4n) is 3.22. The molecule has 5 nitrogen and oxygen atoms in total. The minimum absolute atomic E-state index is 0. The van der Waals surface area contributed by atoms with Crippen LogP contribution in [-0.2, 0) is 16.1 Å². The predicted octanol–water partition coefficient (Wildman–Crippen LogP) is 3.13. The molecule has 0 spiro atoms. The molecule has 0 aliphatic carbocycles. The Morgan fingerprint density at radius 3 is 2.69 bits per heavy atom. The van der Waals surface area contributed by atoms with Crippen LogP contribution in [0.2, 0.25) is 5.02 Å².